The SMILES string of the molecule is Fc1ccc(N2CCCn3nc(Nc4ccc(-n5cncn5)c(F)c4)nc32)cc1F. The summed E-state index contributed by atoms with van der Waals surface area (Å²) in [4.78, 5) is 10.0. The molecule has 0 radical (unpaired) electrons. The van der Waals surface area contributed by atoms with Gasteiger partial charge in [-0.2, -0.15) is 10.1 Å². The Kier molecular flexibility index (Phi) is 4.34. The summed E-state index contributed by atoms with van der Waals surface area (Å²) in [5.41, 5.74) is 1.20. The van der Waals surface area contributed by atoms with E-state index in [1.807, 2.05) is 0 Å². The van der Waals surface area contributed by atoms with Gasteiger partial charge in [-0.05, 0) is 36.8 Å². The lowest BCUT2D eigenvalue weighted by atomic mass is 10.2. The fourth-order valence-corrected chi connectivity index (χ4v) is 3.34. The van der Waals surface area contributed by atoms with Crippen LogP contribution in [0.25, 0.3) is 5.69 Å². The molecule has 0 aliphatic carbocycles. The van der Waals surface area contributed by atoms with Crippen molar-refractivity contribution in [2.45, 2.75) is 13.0 Å². The fourth-order valence-electron chi connectivity index (χ4n) is 3.34. The molecule has 8 nitrogen and oxygen atoms in total. The van der Waals surface area contributed by atoms with Gasteiger partial charge in [0, 0.05) is 30.5 Å². The number of aryl methyl sites for hydroxylation is 1. The van der Waals surface area contributed by atoms with Gasteiger partial charge in [0.15, 0.2) is 17.5 Å². The number of rotatable bonds is 4. The second-order valence-electron chi connectivity index (χ2n) is 6.69. The number of benzene rings is 2. The zero-order valence-electron chi connectivity index (χ0n) is 15.5. The lowest BCUT2D eigenvalue weighted by molar-refractivity contribution is 0.506. The van der Waals surface area contributed by atoms with Crippen molar-refractivity contribution in [1.82, 2.24) is 29.5 Å². The van der Waals surface area contributed by atoms with Crippen molar-refractivity contribution >= 4 is 23.3 Å². The van der Waals surface area contributed by atoms with Gasteiger partial charge in [0.05, 0.1) is 0 Å². The molecule has 0 saturated heterocycles. The Hall–Kier alpha value is -3.89. The molecular weight excluding hydrogens is 397 g/mol. The predicted molar refractivity (Wildman–Crippen MR) is 103 cm³/mol. The Bertz CT molecular complexity index is 1200. The molecule has 152 valence electrons. The Morgan fingerprint density at radius 3 is 2.60 bits per heavy atom. The summed E-state index contributed by atoms with van der Waals surface area (Å²) >= 11 is 0. The molecule has 4 aromatic rings. The summed E-state index contributed by atoms with van der Waals surface area (Å²) in [6, 6.07) is 8.25. The van der Waals surface area contributed by atoms with Crippen LogP contribution in [0.15, 0.2) is 49.1 Å². The van der Waals surface area contributed by atoms with Crippen molar-refractivity contribution in [3.05, 3.63) is 66.5 Å². The number of nitrogens with zero attached hydrogens (tertiary/aromatic N) is 7. The molecule has 0 amide bonds. The van der Waals surface area contributed by atoms with E-state index in [1.54, 1.807) is 21.7 Å². The van der Waals surface area contributed by atoms with Gasteiger partial charge in [0.1, 0.15) is 18.3 Å². The summed E-state index contributed by atoms with van der Waals surface area (Å²) in [5.74, 6) is -1.55. The molecule has 3 heterocycles. The van der Waals surface area contributed by atoms with Crippen LogP contribution >= 0.6 is 0 Å². The number of fused-ring (bicyclic) bond motifs is 1. The van der Waals surface area contributed by atoms with Crippen molar-refractivity contribution in [2.75, 3.05) is 16.8 Å². The molecular formula is C19H15F3N8. The maximum Gasteiger partial charge on any atom is 0.248 e. The maximum atomic E-state index is 14.4. The van der Waals surface area contributed by atoms with E-state index in [0.29, 0.717) is 30.4 Å². The highest BCUT2D eigenvalue weighted by Crippen LogP contribution is 2.30. The summed E-state index contributed by atoms with van der Waals surface area (Å²) < 4.78 is 44.4. The first-order chi connectivity index (χ1) is 14.6. The molecule has 1 N–H and O–H groups in total. The topological polar surface area (TPSA) is 76.7 Å². The zero-order chi connectivity index (χ0) is 20.7. The average Bonchev–Trinajstić information content (AvgIpc) is 3.39. The number of halogens is 3. The van der Waals surface area contributed by atoms with Crippen LogP contribution in [-0.4, -0.2) is 36.1 Å². The molecule has 5 rings (SSSR count). The first-order valence-corrected chi connectivity index (χ1v) is 9.17. The van der Waals surface area contributed by atoms with Gasteiger partial charge in [-0.1, -0.05) is 0 Å². The van der Waals surface area contributed by atoms with Gasteiger partial charge in [0.25, 0.3) is 0 Å². The maximum absolute atomic E-state index is 14.4. The third kappa shape index (κ3) is 3.23. The lowest BCUT2D eigenvalue weighted by Crippen LogP contribution is -2.28. The molecule has 0 fully saturated rings. The van der Waals surface area contributed by atoms with Crippen molar-refractivity contribution in [3.8, 4) is 5.69 Å². The number of hydrogen-bond acceptors (Lipinski definition) is 6. The first-order valence-electron chi connectivity index (χ1n) is 9.17. The molecule has 1 aliphatic heterocycles. The van der Waals surface area contributed by atoms with Crippen LogP contribution in [-0.2, 0) is 6.54 Å². The number of hydrogen-bond donors (Lipinski definition) is 1. The van der Waals surface area contributed by atoms with Crippen molar-refractivity contribution < 1.29 is 13.2 Å². The van der Waals surface area contributed by atoms with Crippen LogP contribution in [0.2, 0.25) is 0 Å². The average molecular weight is 412 g/mol. The summed E-state index contributed by atoms with van der Waals surface area (Å²) in [5, 5.41) is 11.3. The van der Waals surface area contributed by atoms with Gasteiger partial charge in [-0.25, -0.2) is 27.5 Å². The second-order valence-corrected chi connectivity index (χ2v) is 6.69. The summed E-state index contributed by atoms with van der Waals surface area (Å²) in [6.07, 6.45) is 3.49. The minimum Gasteiger partial charge on any atom is -0.323 e. The van der Waals surface area contributed by atoms with Gasteiger partial charge in [0.2, 0.25) is 11.9 Å². The lowest BCUT2D eigenvalue weighted by Gasteiger charge is -2.27. The second kappa shape index (κ2) is 7.17. The van der Waals surface area contributed by atoms with Gasteiger partial charge < -0.3 is 10.2 Å². The van der Waals surface area contributed by atoms with E-state index in [1.165, 1.54) is 29.5 Å². The zero-order valence-corrected chi connectivity index (χ0v) is 15.5. The Labute approximate surface area is 168 Å². The first kappa shape index (κ1) is 18.2. The predicted octanol–water partition coefficient (Wildman–Crippen LogP) is 3.56. The van der Waals surface area contributed by atoms with Gasteiger partial charge in [-0.15, -0.1) is 5.10 Å². The Balaban J connectivity index is 1.42. The van der Waals surface area contributed by atoms with E-state index in [9.17, 15) is 13.2 Å². The quantitative estimate of drug-likeness (QED) is 0.552. The molecule has 0 unspecified atom stereocenters. The highest BCUT2D eigenvalue weighted by Gasteiger charge is 2.23. The highest BCUT2D eigenvalue weighted by atomic mass is 19.2. The Morgan fingerprint density at radius 1 is 0.933 bits per heavy atom. The molecule has 1 aliphatic rings. The van der Waals surface area contributed by atoms with Crippen LogP contribution in [0.1, 0.15) is 6.42 Å². The number of aromatic nitrogens is 6. The van der Waals surface area contributed by atoms with Crippen LogP contribution in [0, 0.1) is 17.5 Å². The van der Waals surface area contributed by atoms with E-state index >= 15 is 0 Å². The van der Waals surface area contributed by atoms with E-state index < -0.39 is 17.5 Å². The van der Waals surface area contributed by atoms with E-state index in [4.69, 9.17) is 0 Å². The van der Waals surface area contributed by atoms with Crippen LogP contribution in [0.3, 0.4) is 0 Å². The fraction of sp³-hybridized carbons (Fsp3) is 0.158. The summed E-state index contributed by atoms with van der Waals surface area (Å²) in [6.45, 7) is 1.22. The van der Waals surface area contributed by atoms with Crippen LogP contribution in [0.4, 0.5) is 36.4 Å². The number of nitrogens with one attached hydrogen (secondary N) is 1. The molecule has 11 heteroatoms. The normalized spacial score (nSPS) is 13.4. The van der Waals surface area contributed by atoms with E-state index in [2.05, 4.69) is 25.5 Å². The van der Waals surface area contributed by atoms with Crippen molar-refractivity contribution in [3.63, 3.8) is 0 Å². The van der Waals surface area contributed by atoms with Gasteiger partial charge >= 0.3 is 0 Å². The molecule has 0 spiro atoms. The van der Waals surface area contributed by atoms with Crippen molar-refractivity contribution in [2.24, 2.45) is 0 Å². The molecule has 2 aromatic carbocycles. The monoisotopic (exact) mass is 412 g/mol. The molecule has 0 atom stereocenters. The molecule has 2 aromatic heterocycles. The van der Waals surface area contributed by atoms with Gasteiger partial charge in [-0.3, -0.25) is 0 Å². The van der Waals surface area contributed by atoms with Crippen LogP contribution in [0.5, 0.6) is 0 Å². The molecule has 0 saturated carbocycles. The minimum absolute atomic E-state index is 0.264. The van der Waals surface area contributed by atoms with Crippen LogP contribution < -0.4 is 10.2 Å². The molecule has 30 heavy (non-hydrogen) atoms. The third-order valence-corrected chi connectivity index (χ3v) is 4.73. The van der Waals surface area contributed by atoms with E-state index in [-0.39, 0.29) is 11.6 Å². The third-order valence-electron chi connectivity index (χ3n) is 4.73. The van der Waals surface area contributed by atoms with Crippen molar-refractivity contribution in [1.29, 1.82) is 0 Å². The Morgan fingerprint density at radius 2 is 1.83 bits per heavy atom. The summed E-state index contributed by atoms with van der Waals surface area (Å²) in [7, 11) is 0. The highest BCUT2D eigenvalue weighted by molar-refractivity contribution is 5.62. The number of anilines is 4. The molecule has 0 bridgehead atoms. The minimum atomic E-state index is -0.926. The largest absolute Gasteiger partial charge is 0.323 e. The smallest absolute Gasteiger partial charge is 0.248 e. The van der Waals surface area contributed by atoms with E-state index in [0.717, 1.165) is 18.6 Å². The standard InChI is InChI=1S/C19H15F3N8/c20-14-4-3-13(9-15(14)21)28-6-1-7-29-19(28)26-18(27-29)25-12-2-5-17(16(22)8-12)30-11-23-10-24-30/h2-5,8-11H,1,6-7H2,(H,25,27).